The molecule has 0 bridgehead atoms. The molecule has 8 heteroatoms. The number of carboxylic acids is 1. The molecule has 0 aliphatic carbocycles. The van der Waals surface area contributed by atoms with Gasteiger partial charge in [-0.2, -0.15) is 0 Å². The predicted molar refractivity (Wildman–Crippen MR) is 105 cm³/mol. The molecule has 0 spiro atoms. The van der Waals surface area contributed by atoms with Crippen molar-refractivity contribution >= 4 is 28.3 Å². The summed E-state index contributed by atoms with van der Waals surface area (Å²) in [5.41, 5.74) is 1.33. The van der Waals surface area contributed by atoms with Gasteiger partial charge in [0, 0.05) is 5.56 Å². The van der Waals surface area contributed by atoms with Crippen molar-refractivity contribution in [2.45, 2.75) is 26.2 Å². The number of hydrogen-bond acceptors (Lipinski definition) is 5. The first-order valence-corrected chi connectivity index (χ1v) is 9.57. The van der Waals surface area contributed by atoms with E-state index in [9.17, 15) is 14.0 Å². The van der Waals surface area contributed by atoms with E-state index in [1.807, 2.05) is 6.92 Å². The summed E-state index contributed by atoms with van der Waals surface area (Å²) in [6.45, 7) is 2.02. The molecule has 2 aromatic carbocycles. The van der Waals surface area contributed by atoms with E-state index in [1.165, 1.54) is 18.2 Å². The number of anilines is 1. The van der Waals surface area contributed by atoms with Crippen LogP contribution in [0.1, 0.15) is 46.0 Å². The summed E-state index contributed by atoms with van der Waals surface area (Å²) in [6, 6.07) is 11.0. The Balaban J connectivity index is 1.74. The van der Waals surface area contributed by atoms with Crippen molar-refractivity contribution in [3.8, 4) is 10.6 Å². The van der Waals surface area contributed by atoms with E-state index in [2.05, 4.69) is 15.5 Å². The molecule has 1 heterocycles. The van der Waals surface area contributed by atoms with Crippen LogP contribution < -0.4 is 5.32 Å². The number of nitrogens with one attached hydrogen (secondary N) is 1. The molecule has 2 N–H and O–H groups in total. The summed E-state index contributed by atoms with van der Waals surface area (Å²) in [5, 5.41) is 20.2. The van der Waals surface area contributed by atoms with Crippen LogP contribution in [0.4, 0.5) is 9.52 Å². The van der Waals surface area contributed by atoms with Gasteiger partial charge in [0.1, 0.15) is 10.8 Å². The molecule has 1 aromatic heterocycles. The van der Waals surface area contributed by atoms with Crippen molar-refractivity contribution in [2.75, 3.05) is 5.32 Å². The Kier molecular flexibility index (Phi) is 6.10. The lowest BCUT2D eigenvalue weighted by atomic mass is 10.0. The van der Waals surface area contributed by atoms with Crippen molar-refractivity contribution in [1.29, 1.82) is 0 Å². The lowest BCUT2D eigenvalue weighted by molar-refractivity contribution is 0.0696. The zero-order valence-corrected chi connectivity index (χ0v) is 15.9. The number of rotatable bonds is 7. The number of carbonyl (C=O) groups is 2. The summed E-state index contributed by atoms with van der Waals surface area (Å²) in [6.07, 6.45) is 2.37. The van der Waals surface area contributed by atoms with E-state index in [-0.39, 0.29) is 16.3 Å². The predicted octanol–water partition coefficient (Wildman–Crippen LogP) is 4.64. The second-order valence-electron chi connectivity index (χ2n) is 6.13. The van der Waals surface area contributed by atoms with Gasteiger partial charge in [0.15, 0.2) is 0 Å². The summed E-state index contributed by atoms with van der Waals surface area (Å²) < 4.78 is 14.6. The fourth-order valence-electron chi connectivity index (χ4n) is 2.63. The highest BCUT2D eigenvalue weighted by Crippen LogP contribution is 2.27. The Morgan fingerprint density at radius 3 is 2.57 bits per heavy atom. The number of aromatic nitrogens is 2. The fourth-order valence-corrected chi connectivity index (χ4v) is 3.37. The molecular formula is C20H18FN3O3S. The first-order chi connectivity index (χ1) is 13.5. The Bertz CT molecular complexity index is 1000. The number of aromatic carboxylic acids is 1. The topological polar surface area (TPSA) is 92.2 Å². The van der Waals surface area contributed by atoms with E-state index >= 15 is 0 Å². The molecule has 28 heavy (non-hydrogen) atoms. The molecule has 3 rings (SSSR count). The monoisotopic (exact) mass is 399 g/mol. The number of unbranched alkanes of at least 4 members (excludes halogenated alkanes) is 1. The minimum absolute atomic E-state index is 0.0313. The number of hydrogen-bond donors (Lipinski definition) is 2. The first kappa shape index (κ1) is 19.6. The maximum atomic E-state index is 14.6. The molecule has 0 radical (unpaired) electrons. The van der Waals surface area contributed by atoms with Gasteiger partial charge in [-0.1, -0.05) is 48.9 Å². The van der Waals surface area contributed by atoms with Gasteiger partial charge >= 0.3 is 5.97 Å². The number of carboxylic acid groups (broad SMARTS) is 1. The maximum Gasteiger partial charge on any atom is 0.335 e. The number of amides is 1. The van der Waals surface area contributed by atoms with Crippen molar-refractivity contribution in [1.82, 2.24) is 10.2 Å². The van der Waals surface area contributed by atoms with E-state index < -0.39 is 17.7 Å². The summed E-state index contributed by atoms with van der Waals surface area (Å²) >= 11 is 1.12. The van der Waals surface area contributed by atoms with Crippen LogP contribution in [0, 0.1) is 5.82 Å². The molecule has 0 aliphatic rings. The summed E-state index contributed by atoms with van der Waals surface area (Å²) in [5.74, 6) is -2.11. The molecule has 0 aliphatic heterocycles. The molecule has 0 atom stereocenters. The Morgan fingerprint density at radius 1 is 1.14 bits per heavy atom. The van der Waals surface area contributed by atoms with Gasteiger partial charge in [-0.15, -0.1) is 10.2 Å². The minimum atomic E-state index is -1.01. The average Bonchev–Trinajstić information content (AvgIpc) is 3.15. The molecule has 3 aromatic rings. The maximum absolute atomic E-state index is 14.6. The first-order valence-electron chi connectivity index (χ1n) is 8.75. The molecule has 144 valence electrons. The van der Waals surface area contributed by atoms with Crippen LogP contribution in [0.25, 0.3) is 10.6 Å². The van der Waals surface area contributed by atoms with Gasteiger partial charge in [0.2, 0.25) is 5.13 Å². The Morgan fingerprint density at radius 2 is 1.89 bits per heavy atom. The normalized spacial score (nSPS) is 10.6. The summed E-state index contributed by atoms with van der Waals surface area (Å²) in [7, 11) is 0. The fraction of sp³-hybridized carbons (Fsp3) is 0.200. The van der Waals surface area contributed by atoms with E-state index in [1.54, 1.807) is 24.3 Å². The standard InChI is InChI=1S/C20H18FN3O3S/c1-2-3-5-12-6-4-7-15(16(12)21)17(25)22-20-24-23-18(28-20)13-8-10-14(11-9-13)19(26)27/h4,6-11H,2-3,5H2,1H3,(H,26,27)(H,22,24,25). The second kappa shape index (κ2) is 8.71. The smallest absolute Gasteiger partial charge is 0.335 e. The molecule has 1 amide bonds. The third-order valence-electron chi connectivity index (χ3n) is 4.15. The zero-order chi connectivity index (χ0) is 20.1. The molecule has 0 saturated heterocycles. The highest BCUT2D eigenvalue weighted by Gasteiger charge is 2.17. The van der Waals surface area contributed by atoms with E-state index in [4.69, 9.17) is 5.11 Å². The van der Waals surface area contributed by atoms with Crippen LogP contribution in [-0.2, 0) is 6.42 Å². The molecule has 0 unspecified atom stereocenters. The number of carbonyl (C=O) groups excluding carboxylic acids is 1. The molecular weight excluding hydrogens is 381 g/mol. The third kappa shape index (κ3) is 4.40. The molecule has 6 nitrogen and oxygen atoms in total. The average molecular weight is 399 g/mol. The molecule has 0 saturated carbocycles. The quantitative estimate of drug-likeness (QED) is 0.604. The third-order valence-corrected chi connectivity index (χ3v) is 5.04. The highest BCUT2D eigenvalue weighted by molar-refractivity contribution is 7.18. The molecule has 0 fully saturated rings. The van der Waals surface area contributed by atoms with Crippen LogP contribution in [0.5, 0.6) is 0 Å². The van der Waals surface area contributed by atoms with Gasteiger partial charge in [-0.25, -0.2) is 9.18 Å². The minimum Gasteiger partial charge on any atom is -0.478 e. The van der Waals surface area contributed by atoms with E-state index in [0.29, 0.717) is 22.6 Å². The van der Waals surface area contributed by atoms with Gasteiger partial charge in [0.25, 0.3) is 5.91 Å². The van der Waals surface area contributed by atoms with Crippen LogP contribution in [0.15, 0.2) is 42.5 Å². The van der Waals surface area contributed by atoms with E-state index in [0.717, 1.165) is 24.2 Å². The number of nitrogens with zero attached hydrogens (tertiary/aromatic N) is 2. The Labute approximate surface area is 165 Å². The number of aryl methyl sites for hydroxylation is 1. The number of benzene rings is 2. The summed E-state index contributed by atoms with van der Waals surface area (Å²) in [4.78, 5) is 23.4. The van der Waals surface area contributed by atoms with Crippen molar-refractivity contribution in [2.24, 2.45) is 0 Å². The zero-order valence-electron chi connectivity index (χ0n) is 15.1. The SMILES string of the molecule is CCCCc1cccc(C(=O)Nc2nnc(-c3ccc(C(=O)O)cc3)s2)c1F. The van der Waals surface area contributed by atoms with Crippen molar-refractivity contribution < 1.29 is 19.1 Å². The van der Waals surface area contributed by atoms with Crippen LogP contribution in [-0.4, -0.2) is 27.2 Å². The van der Waals surface area contributed by atoms with Gasteiger partial charge in [-0.3, -0.25) is 10.1 Å². The highest BCUT2D eigenvalue weighted by atomic mass is 32.1. The van der Waals surface area contributed by atoms with Crippen LogP contribution in [0.3, 0.4) is 0 Å². The Hall–Kier alpha value is -3.13. The lowest BCUT2D eigenvalue weighted by Gasteiger charge is -2.07. The van der Waals surface area contributed by atoms with Gasteiger partial charge in [-0.05, 0) is 36.6 Å². The van der Waals surface area contributed by atoms with Crippen LogP contribution >= 0.6 is 11.3 Å². The largest absolute Gasteiger partial charge is 0.478 e. The second-order valence-corrected chi connectivity index (χ2v) is 7.11. The number of halogens is 1. The van der Waals surface area contributed by atoms with Crippen molar-refractivity contribution in [3.05, 3.63) is 65.0 Å². The van der Waals surface area contributed by atoms with Gasteiger partial charge < -0.3 is 5.11 Å². The van der Waals surface area contributed by atoms with Crippen LogP contribution in [0.2, 0.25) is 0 Å². The van der Waals surface area contributed by atoms with Crippen molar-refractivity contribution in [3.63, 3.8) is 0 Å². The van der Waals surface area contributed by atoms with Gasteiger partial charge in [0.05, 0.1) is 11.1 Å². The lowest BCUT2D eigenvalue weighted by Crippen LogP contribution is -2.14.